The van der Waals surface area contributed by atoms with Crippen molar-refractivity contribution < 1.29 is 4.79 Å². The molecule has 1 amide bonds. The van der Waals surface area contributed by atoms with E-state index in [-0.39, 0.29) is 18.0 Å². The van der Waals surface area contributed by atoms with Crippen LogP contribution in [0.15, 0.2) is 54.6 Å². The Labute approximate surface area is 125 Å². The van der Waals surface area contributed by atoms with Gasteiger partial charge < -0.3 is 10.2 Å². The molecule has 0 bridgehead atoms. The molecule has 1 aliphatic heterocycles. The third-order valence-electron chi connectivity index (χ3n) is 3.98. The lowest BCUT2D eigenvalue weighted by Crippen LogP contribution is -2.34. The summed E-state index contributed by atoms with van der Waals surface area (Å²) in [5.41, 5.74) is 3.14. The largest absolute Gasteiger partial charge is 0.380 e. The van der Waals surface area contributed by atoms with Gasteiger partial charge in [0.1, 0.15) is 0 Å². The lowest BCUT2D eigenvalue weighted by molar-refractivity contribution is -0.119. The number of carbonyl (C=O) groups excluding carboxylic acids is 1. The second-order valence-electron chi connectivity index (χ2n) is 5.62. The standard InChI is InChI=1S/C18H20N2O/c1-13-12-18(21)20(14(2)15-8-4-3-5-9-15)17-11-7-6-10-16(17)19-13/h3-11,13-14,19H,12H2,1-2H3/t13-,14+/m0/s1. The second-order valence-corrected chi connectivity index (χ2v) is 5.62. The number of para-hydroxylation sites is 2. The van der Waals surface area contributed by atoms with Crippen LogP contribution in [0.25, 0.3) is 0 Å². The summed E-state index contributed by atoms with van der Waals surface area (Å²) >= 11 is 0. The number of nitrogens with zero attached hydrogens (tertiary/aromatic N) is 1. The molecule has 1 N–H and O–H groups in total. The lowest BCUT2D eigenvalue weighted by Gasteiger charge is -2.29. The SMILES string of the molecule is C[C@H](c1ccccc1)N1C(=O)C[C@H](C)Nc2ccccc21. The molecule has 3 heteroatoms. The minimum Gasteiger partial charge on any atom is -0.380 e. The lowest BCUT2D eigenvalue weighted by atomic mass is 10.1. The molecule has 21 heavy (non-hydrogen) atoms. The minimum atomic E-state index is 0.0203. The van der Waals surface area contributed by atoms with Gasteiger partial charge in [-0.05, 0) is 31.5 Å². The fourth-order valence-corrected chi connectivity index (χ4v) is 2.92. The summed E-state index contributed by atoms with van der Waals surface area (Å²) in [6.07, 6.45) is 0.506. The van der Waals surface area contributed by atoms with E-state index in [1.807, 2.05) is 54.3 Å². The zero-order valence-corrected chi connectivity index (χ0v) is 12.4. The van der Waals surface area contributed by atoms with Gasteiger partial charge in [-0.1, -0.05) is 42.5 Å². The van der Waals surface area contributed by atoms with Gasteiger partial charge in [0.2, 0.25) is 5.91 Å². The summed E-state index contributed by atoms with van der Waals surface area (Å²) in [5, 5.41) is 3.43. The van der Waals surface area contributed by atoms with Crippen molar-refractivity contribution >= 4 is 17.3 Å². The molecule has 2 aromatic rings. The van der Waals surface area contributed by atoms with Crippen LogP contribution in [0.5, 0.6) is 0 Å². The number of benzene rings is 2. The van der Waals surface area contributed by atoms with E-state index >= 15 is 0 Å². The summed E-state index contributed by atoms with van der Waals surface area (Å²) in [6.45, 7) is 4.13. The van der Waals surface area contributed by atoms with Crippen LogP contribution in [-0.2, 0) is 4.79 Å². The van der Waals surface area contributed by atoms with Gasteiger partial charge >= 0.3 is 0 Å². The van der Waals surface area contributed by atoms with E-state index in [1.165, 1.54) is 0 Å². The number of fused-ring (bicyclic) bond motifs is 1. The molecule has 3 nitrogen and oxygen atoms in total. The van der Waals surface area contributed by atoms with Crippen LogP contribution >= 0.6 is 0 Å². The zero-order valence-electron chi connectivity index (χ0n) is 12.4. The van der Waals surface area contributed by atoms with E-state index in [1.54, 1.807) is 0 Å². The van der Waals surface area contributed by atoms with E-state index < -0.39 is 0 Å². The van der Waals surface area contributed by atoms with Crippen LogP contribution in [0.4, 0.5) is 11.4 Å². The van der Waals surface area contributed by atoms with E-state index in [0.717, 1.165) is 16.9 Å². The van der Waals surface area contributed by atoms with Crippen LogP contribution in [-0.4, -0.2) is 11.9 Å². The fourth-order valence-electron chi connectivity index (χ4n) is 2.92. The maximum atomic E-state index is 12.7. The molecule has 0 saturated carbocycles. The molecule has 0 saturated heterocycles. The highest BCUT2D eigenvalue weighted by Crippen LogP contribution is 2.36. The van der Waals surface area contributed by atoms with E-state index in [9.17, 15) is 4.79 Å². The Hall–Kier alpha value is -2.29. The third-order valence-corrected chi connectivity index (χ3v) is 3.98. The maximum Gasteiger partial charge on any atom is 0.229 e. The summed E-state index contributed by atoms with van der Waals surface area (Å²) < 4.78 is 0. The quantitative estimate of drug-likeness (QED) is 0.902. The van der Waals surface area contributed by atoms with Crippen LogP contribution in [0.2, 0.25) is 0 Å². The molecule has 0 unspecified atom stereocenters. The number of anilines is 2. The third kappa shape index (κ3) is 2.64. The van der Waals surface area contributed by atoms with E-state index in [2.05, 4.69) is 24.4 Å². The van der Waals surface area contributed by atoms with Crippen molar-refractivity contribution in [1.82, 2.24) is 0 Å². The van der Waals surface area contributed by atoms with Crippen molar-refractivity contribution in [3.63, 3.8) is 0 Å². The Balaban J connectivity index is 2.05. The first kappa shape index (κ1) is 13.7. The van der Waals surface area contributed by atoms with Gasteiger partial charge in [-0.3, -0.25) is 4.79 Å². The number of carbonyl (C=O) groups is 1. The molecule has 3 rings (SSSR count). The summed E-state index contributed by atoms with van der Waals surface area (Å²) in [5.74, 6) is 0.163. The van der Waals surface area contributed by atoms with Crippen molar-refractivity contribution in [3.05, 3.63) is 60.2 Å². The number of hydrogen-bond donors (Lipinski definition) is 1. The van der Waals surface area contributed by atoms with Crippen LogP contribution in [0, 0.1) is 0 Å². The molecule has 0 fully saturated rings. The van der Waals surface area contributed by atoms with Gasteiger partial charge in [-0.25, -0.2) is 0 Å². The predicted molar refractivity (Wildman–Crippen MR) is 86.5 cm³/mol. The first-order valence-corrected chi connectivity index (χ1v) is 7.39. The van der Waals surface area contributed by atoms with Crippen molar-refractivity contribution in [2.75, 3.05) is 10.2 Å². The van der Waals surface area contributed by atoms with Crippen molar-refractivity contribution in [3.8, 4) is 0 Å². The summed E-state index contributed by atoms with van der Waals surface area (Å²) in [7, 11) is 0. The first-order chi connectivity index (χ1) is 10.2. The van der Waals surface area contributed by atoms with Crippen molar-refractivity contribution in [2.24, 2.45) is 0 Å². The van der Waals surface area contributed by atoms with Crippen LogP contribution in [0.1, 0.15) is 31.9 Å². The van der Waals surface area contributed by atoms with E-state index in [0.29, 0.717) is 6.42 Å². The topological polar surface area (TPSA) is 32.3 Å². The molecule has 1 aliphatic rings. The molecule has 0 aliphatic carbocycles. The Bertz CT molecular complexity index is 639. The highest BCUT2D eigenvalue weighted by atomic mass is 16.2. The fraction of sp³-hybridized carbons (Fsp3) is 0.278. The molecular weight excluding hydrogens is 260 g/mol. The number of rotatable bonds is 2. The van der Waals surface area contributed by atoms with Gasteiger partial charge in [0.25, 0.3) is 0 Å². The van der Waals surface area contributed by atoms with Crippen LogP contribution in [0.3, 0.4) is 0 Å². The smallest absolute Gasteiger partial charge is 0.229 e. The molecule has 2 atom stereocenters. The number of nitrogens with one attached hydrogen (secondary N) is 1. The second kappa shape index (κ2) is 5.60. The number of hydrogen-bond acceptors (Lipinski definition) is 2. The molecule has 1 heterocycles. The highest BCUT2D eigenvalue weighted by Gasteiger charge is 2.29. The average molecular weight is 280 g/mol. The number of amides is 1. The first-order valence-electron chi connectivity index (χ1n) is 7.39. The molecule has 0 spiro atoms. The van der Waals surface area contributed by atoms with Crippen LogP contribution < -0.4 is 10.2 Å². The maximum absolute atomic E-state index is 12.7. The Morgan fingerprint density at radius 2 is 1.76 bits per heavy atom. The molecule has 108 valence electrons. The van der Waals surface area contributed by atoms with Gasteiger partial charge in [-0.15, -0.1) is 0 Å². The van der Waals surface area contributed by atoms with Gasteiger partial charge in [-0.2, -0.15) is 0 Å². The highest BCUT2D eigenvalue weighted by molar-refractivity contribution is 5.99. The Kier molecular flexibility index (Phi) is 3.65. The summed E-state index contributed by atoms with van der Waals surface area (Å²) in [4.78, 5) is 14.6. The molecule has 0 radical (unpaired) electrons. The van der Waals surface area contributed by atoms with Gasteiger partial charge in [0.15, 0.2) is 0 Å². The minimum absolute atomic E-state index is 0.0203. The molecule has 2 aromatic carbocycles. The van der Waals surface area contributed by atoms with Gasteiger partial charge in [0.05, 0.1) is 17.4 Å². The van der Waals surface area contributed by atoms with E-state index in [4.69, 9.17) is 0 Å². The van der Waals surface area contributed by atoms with Crippen molar-refractivity contribution in [1.29, 1.82) is 0 Å². The normalized spacial score (nSPS) is 19.4. The Morgan fingerprint density at radius 1 is 1.10 bits per heavy atom. The molecule has 0 aromatic heterocycles. The van der Waals surface area contributed by atoms with Crippen molar-refractivity contribution in [2.45, 2.75) is 32.4 Å². The molecular formula is C18H20N2O. The predicted octanol–water partition coefficient (Wildman–Crippen LogP) is 3.98. The zero-order chi connectivity index (χ0) is 14.8. The monoisotopic (exact) mass is 280 g/mol. The Morgan fingerprint density at radius 3 is 2.52 bits per heavy atom. The summed E-state index contributed by atoms with van der Waals surface area (Å²) in [6, 6.07) is 18.4. The average Bonchev–Trinajstić information content (AvgIpc) is 2.62. The van der Waals surface area contributed by atoms with Gasteiger partial charge in [0, 0.05) is 12.5 Å².